The monoisotopic (exact) mass is 225 g/mol. The number of halogens is 3. The van der Waals surface area contributed by atoms with E-state index in [1.807, 2.05) is 0 Å². The summed E-state index contributed by atoms with van der Waals surface area (Å²) in [6.45, 7) is 0. The second-order valence-electron chi connectivity index (χ2n) is 4.07. The molecule has 1 aliphatic carbocycles. The van der Waals surface area contributed by atoms with E-state index in [9.17, 15) is 18.0 Å². The van der Waals surface area contributed by atoms with Crippen molar-refractivity contribution in [2.45, 2.75) is 37.9 Å². The topological polar surface area (TPSA) is 63.3 Å². The fraction of sp³-hybridized carbons (Fsp3) is 0.889. The molecule has 0 heterocycles. The highest BCUT2D eigenvalue weighted by molar-refractivity contribution is 5.67. The average molecular weight is 225 g/mol. The zero-order chi connectivity index (χ0) is 11.6. The quantitative estimate of drug-likeness (QED) is 0.749. The van der Waals surface area contributed by atoms with Gasteiger partial charge >= 0.3 is 12.1 Å². The largest absolute Gasteiger partial charge is 0.481 e. The SMILES string of the molecule is N[C@H](C[C@@H](CC(=O)O)C(F)(F)F)C1CC1. The van der Waals surface area contributed by atoms with Crippen LogP contribution in [0.4, 0.5) is 13.2 Å². The molecule has 0 aromatic carbocycles. The van der Waals surface area contributed by atoms with Crippen LogP contribution in [0.1, 0.15) is 25.7 Å². The van der Waals surface area contributed by atoms with Gasteiger partial charge < -0.3 is 10.8 Å². The fourth-order valence-corrected chi connectivity index (χ4v) is 1.59. The standard InChI is InChI=1S/C9H14F3NO2/c10-9(11,12)6(4-8(14)15)3-7(13)5-1-2-5/h5-7H,1-4,13H2,(H,14,15)/t6-,7+/m0/s1. The van der Waals surface area contributed by atoms with E-state index >= 15 is 0 Å². The summed E-state index contributed by atoms with van der Waals surface area (Å²) in [5.74, 6) is -3.09. The zero-order valence-corrected chi connectivity index (χ0v) is 8.13. The van der Waals surface area contributed by atoms with Crippen molar-refractivity contribution < 1.29 is 23.1 Å². The molecule has 3 nitrogen and oxygen atoms in total. The van der Waals surface area contributed by atoms with E-state index in [0.717, 1.165) is 12.8 Å². The number of carbonyl (C=O) groups is 1. The van der Waals surface area contributed by atoms with Crippen LogP contribution in [0.3, 0.4) is 0 Å². The Morgan fingerprint density at radius 3 is 2.33 bits per heavy atom. The maximum absolute atomic E-state index is 12.4. The Labute approximate surface area is 85.4 Å². The van der Waals surface area contributed by atoms with E-state index in [-0.39, 0.29) is 12.3 Å². The molecule has 88 valence electrons. The second-order valence-corrected chi connectivity index (χ2v) is 4.07. The molecular formula is C9H14F3NO2. The Hall–Kier alpha value is -0.780. The average Bonchev–Trinajstić information content (AvgIpc) is 2.81. The van der Waals surface area contributed by atoms with Crippen molar-refractivity contribution in [3.05, 3.63) is 0 Å². The molecule has 0 aromatic rings. The fourth-order valence-electron chi connectivity index (χ4n) is 1.59. The van der Waals surface area contributed by atoms with Gasteiger partial charge in [0.15, 0.2) is 0 Å². The van der Waals surface area contributed by atoms with E-state index in [1.54, 1.807) is 0 Å². The summed E-state index contributed by atoms with van der Waals surface area (Å²) in [5.41, 5.74) is 5.56. The maximum atomic E-state index is 12.4. The van der Waals surface area contributed by atoms with E-state index in [0.29, 0.717) is 0 Å². The number of rotatable bonds is 5. The lowest BCUT2D eigenvalue weighted by Gasteiger charge is -2.21. The van der Waals surface area contributed by atoms with Crippen molar-refractivity contribution in [2.75, 3.05) is 0 Å². The van der Waals surface area contributed by atoms with Gasteiger partial charge in [0.25, 0.3) is 0 Å². The first-order chi connectivity index (χ1) is 6.80. The van der Waals surface area contributed by atoms with Crippen LogP contribution in [0.5, 0.6) is 0 Å². The van der Waals surface area contributed by atoms with Crippen LogP contribution in [-0.4, -0.2) is 23.3 Å². The van der Waals surface area contributed by atoms with Crippen LogP contribution < -0.4 is 5.73 Å². The summed E-state index contributed by atoms with van der Waals surface area (Å²) in [5, 5.41) is 8.37. The number of carboxylic acids is 1. The molecule has 3 N–H and O–H groups in total. The van der Waals surface area contributed by atoms with Crippen LogP contribution in [0.15, 0.2) is 0 Å². The molecule has 1 aliphatic rings. The number of aliphatic carboxylic acids is 1. The first kappa shape index (κ1) is 12.3. The third kappa shape index (κ3) is 4.07. The second kappa shape index (κ2) is 4.38. The van der Waals surface area contributed by atoms with Gasteiger partial charge in [-0.05, 0) is 25.2 Å². The molecule has 0 saturated heterocycles. The Morgan fingerprint density at radius 1 is 1.47 bits per heavy atom. The highest BCUT2D eigenvalue weighted by Crippen LogP contribution is 2.38. The summed E-state index contributed by atoms with van der Waals surface area (Å²) >= 11 is 0. The van der Waals surface area contributed by atoms with Crippen molar-refractivity contribution in [3.63, 3.8) is 0 Å². The van der Waals surface area contributed by atoms with Crippen molar-refractivity contribution in [3.8, 4) is 0 Å². The van der Waals surface area contributed by atoms with Crippen molar-refractivity contribution >= 4 is 5.97 Å². The van der Waals surface area contributed by atoms with E-state index < -0.39 is 30.5 Å². The maximum Gasteiger partial charge on any atom is 0.392 e. The van der Waals surface area contributed by atoms with Gasteiger partial charge in [-0.3, -0.25) is 4.79 Å². The minimum absolute atomic E-state index is 0.156. The highest BCUT2D eigenvalue weighted by atomic mass is 19.4. The minimum Gasteiger partial charge on any atom is -0.481 e. The van der Waals surface area contributed by atoms with Gasteiger partial charge in [-0.1, -0.05) is 0 Å². The lowest BCUT2D eigenvalue weighted by atomic mass is 9.94. The normalized spacial score (nSPS) is 21.1. The van der Waals surface area contributed by atoms with Gasteiger partial charge in [0.2, 0.25) is 0 Å². The van der Waals surface area contributed by atoms with Crippen LogP contribution in [-0.2, 0) is 4.79 Å². The molecule has 15 heavy (non-hydrogen) atoms. The van der Waals surface area contributed by atoms with Crippen LogP contribution in [0.25, 0.3) is 0 Å². The number of hydrogen-bond acceptors (Lipinski definition) is 2. The molecule has 0 aliphatic heterocycles. The molecule has 0 bridgehead atoms. The molecule has 0 radical (unpaired) electrons. The predicted octanol–water partition coefficient (Wildman–Crippen LogP) is 1.77. The van der Waals surface area contributed by atoms with Gasteiger partial charge in [-0.2, -0.15) is 13.2 Å². The lowest BCUT2D eigenvalue weighted by molar-refractivity contribution is -0.185. The van der Waals surface area contributed by atoms with Crippen LogP contribution >= 0.6 is 0 Å². The van der Waals surface area contributed by atoms with Gasteiger partial charge in [-0.15, -0.1) is 0 Å². The zero-order valence-electron chi connectivity index (χ0n) is 8.13. The van der Waals surface area contributed by atoms with E-state index in [2.05, 4.69) is 0 Å². The Kier molecular flexibility index (Phi) is 3.59. The first-order valence-corrected chi connectivity index (χ1v) is 4.84. The Bertz CT molecular complexity index is 238. The van der Waals surface area contributed by atoms with Gasteiger partial charge in [0.1, 0.15) is 0 Å². The molecule has 2 atom stereocenters. The van der Waals surface area contributed by atoms with Gasteiger partial charge in [-0.25, -0.2) is 0 Å². The molecule has 0 aromatic heterocycles. The Morgan fingerprint density at radius 2 is 2.00 bits per heavy atom. The predicted molar refractivity (Wildman–Crippen MR) is 47.1 cm³/mol. The summed E-state index contributed by atoms with van der Waals surface area (Å²) in [4.78, 5) is 10.3. The molecule has 0 amide bonds. The van der Waals surface area contributed by atoms with Crippen LogP contribution in [0, 0.1) is 11.8 Å². The van der Waals surface area contributed by atoms with Crippen LogP contribution in [0.2, 0.25) is 0 Å². The van der Waals surface area contributed by atoms with Gasteiger partial charge in [0, 0.05) is 6.04 Å². The summed E-state index contributed by atoms with van der Waals surface area (Å²) in [6, 6.07) is -0.518. The molecule has 0 spiro atoms. The third-order valence-electron chi connectivity index (χ3n) is 2.67. The summed E-state index contributed by atoms with van der Waals surface area (Å²) in [7, 11) is 0. The lowest BCUT2D eigenvalue weighted by Crippen LogP contribution is -2.34. The van der Waals surface area contributed by atoms with Crippen molar-refractivity contribution in [1.82, 2.24) is 0 Å². The van der Waals surface area contributed by atoms with Crippen molar-refractivity contribution in [2.24, 2.45) is 17.6 Å². The highest BCUT2D eigenvalue weighted by Gasteiger charge is 2.43. The Balaban J connectivity index is 2.51. The third-order valence-corrected chi connectivity index (χ3v) is 2.67. The number of hydrogen-bond donors (Lipinski definition) is 2. The summed E-state index contributed by atoms with van der Waals surface area (Å²) in [6.07, 6.45) is -3.91. The van der Waals surface area contributed by atoms with Gasteiger partial charge in [0.05, 0.1) is 12.3 Å². The minimum atomic E-state index is -4.47. The smallest absolute Gasteiger partial charge is 0.392 e. The molecule has 0 unspecified atom stereocenters. The van der Waals surface area contributed by atoms with E-state index in [1.165, 1.54) is 0 Å². The number of carboxylic acid groups (broad SMARTS) is 1. The number of alkyl halides is 3. The molecule has 6 heteroatoms. The molecular weight excluding hydrogens is 211 g/mol. The summed E-state index contributed by atoms with van der Waals surface area (Å²) < 4.78 is 37.2. The molecule has 1 saturated carbocycles. The van der Waals surface area contributed by atoms with Crippen molar-refractivity contribution in [1.29, 1.82) is 0 Å². The van der Waals surface area contributed by atoms with E-state index in [4.69, 9.17) is 10.8 Å². The number of nitrogens with two attached hydrogens (primary N) is 1. The molecule has 1 fully saturated rings. The first-order valence-electron chi connectivity index (χ1n) is 4.84. The molecule has 1 rings (SSSR count).